The Hall–Kier alpha value is -4.94. The molecule has 2 saturated heterocycles. The number of ether oxygens (including phenoxy) is 2. The Morgan fingerprint density at radius 2 is 1.71 bits per heavy atom. The molecule has 1 aliphatic carbocycles. The van der Waals surface area contributed by atoms with E-state index in [0.29, 0.717) is 19.0 Å². The first kappa shape index (κ1) is 34.2. The molecular weight excluding hydrogens is 654 g/mol. The molecule has 5 heterocycles. The molecule has 5 aromatic rings. The van der Waals surface area contributed by atoms with Gasteiger partial charge in [-0.1, -0.05) is 51.1 Å². The Morgan fingerprint density at radius 3 is 2.48 bits per heavy atom. The van der Waals surface area contributed by atoms with E-state index in [4.69, 9.17) is 14.6 Å². The van der Waals surface area contributed by atoms with Gasteiger partial charge in [-0.25, -0.2) is 9.48 Å². The van der Waals surface area contributed by atoms with Gasteiger partial charge in [-0.05, 0) is 87.2 Å². The number of pyridine rings is 1. The van der Waals surface area contributed by atoms with Crippen LogP contribution in [0.4, 0.5) is 16.3 Å². The lowest BCUT2D eigenvalue weighted by atomic mass is 9.85. The lowest BCUT2D eigenvalue weighted by Gasteiger charge is -2.32. The fraction of sp³-hybridized carbons (Fsp3) is 0.450. The summed E-state index contributed by atoms with van der Waals surface area (Å²) in [4.78, 5) is 18.5. The Bertz CT molecular complexity index is 2080. The van der Waals surface area contributed by atoms with Crippen LogP contribution in [0.2, 0.25) is 0 Å². The molecule has 8 rings (SSSR count). The zero-order valence-corrected chi connectivity index (χ0v) is 30.8. The van der Waals surface area contributed by atoms with Crippen LogP contribution in [-0.2, 0) is 10.2 Å². The first-order valence-corrected chi connectivity index (χ1v) is 18.5. The number of hydrogen-bond acceptors (Lipinski definition) is 8. The first-order valence-electron chi connectivity index (χ1n) is 18.5. The second-order valence-electron chi connectivity index (χ2n) is 15.4. The summed E-state index contributed by atoms with van der Waals surface area (Å²) in [6, 6.07) is 20.3. The number of benzene rings is 2. The molecule has 272 valence electrons. The molecule has 0 radical (unpaired) electrons. The molecule has 12 nitrogen and oxygen atoms in total. The number of carbonyl (C=O) groups is 1. The predicted octanol–water partition coefficient (Wildman–Crippen LogP) is 6.90. The lowest BCUT2D eigenvalue weighted by Crippen LogP contribution is -2.37. The number of nitrogens with zero attached hydrogens (tertiary/aromatic N) is 7. The van der Waals surface area contributed by atoms with Crippen molar-refractivity contribution in [2.24, 2.45) is 0 Å². The fourth-order valence-electron chi connectivity index (χ4n) is 7.93. The maximum absolute atomic E-state index is 13.8. The standard InChI is InChI=1S/C40H49N9O3/c1-26-31(47-20-22-51-23-21-47)12-8-13-32(26)49-37(24-35(45-49)40(2,3)4)42-39(50)41-30-16-17-34(29-11-7-6-10-28(29)30)52-27-15-18-36-43-44-38(48(36)25-27)33-14-9-19-46(33)5/h6-8,10-13,15,18,24-25,30,33-34H,9,14,16-17,19-23H2,1-5H3,(H2,41,42,50)/t30-,33?,34+/m0/s1. The molecule has 0 saturated carbocycles. The molecule has 2 N–H and O–H groups in total. The average Bonchev–Trinajstić information content (AvgIpc) is 3.88. The van der Waals surface area contributed by atoms with Gasteiger partial charge in [0, 0.05) is 30.3 Å². The van der Waals surface area contributed by atoms with Crippen molar-refractivity contribution >= 4 is 23.2 Å². The molecule has 2 fully saturated rings. The lowest BCUT2D eigenvalue weighted by molar-refractivity contribution is 0.122. The zero-order valence-electron chi connectivity index (χ0n) is 30.8. The number of amides is 2. The van der Waals surface area contributed by atoms with Gasteiger partial charge in [-0.2, -0.15) is 5.10 Å². The van der Waals surface area contributed by atoms with Gasteiger partial charge in [-0.3, -0.25) is 14.6 Å². The number of aromatic nitrogens is 5. The highest BCUT2D eigenvalue weighted by molar-refractivity contribution is 5.89. The molecule has 2 aliphatic heterocycles. The highest BCUT2D eigenvalue weighted by Crippen LogP contribution is 2.39. The van der Waals surface area contributed by atoms with Crippen LogP contribution in [0.15, 0.2) is 66.9 Å². The van der Waals surface area contributed by atoms with Crippen molar-refractivity contribution in [3.8, 4) is 11.4 Å². The SMILES string of the molecule is Cc1c(N2CCOCC2)cccc1-n1nc(C(C)(C)C)cc1NC(=O)N[C@H]1CC[C@@H](Oc2ccc3nnc(C4CCCN4C)n3c2)c2ccccc21. The molecule has 3 atom stereocenters. The van der Waals surface area contributed by atoms with E-state index in [2.05, 4.69) is 100 Å². The monoisotopic (exact) mass is 703 g/mol. The molecular formula is C40H49N9O3. The number of carbonyl (C=O) groups excluding carboxylic acids is 1. The second-order valence-corrected chi connectivity index (χ2v) is 15.4. The Labute approximate surface area is 305 Å². The van der Waals surface area contributed by atoms with Gasteiger partial charge >= 0.3 is 6.03 Å². The van der Waals surface area contributed by atoms with Crippen molar-refractivity contribution in [3.63, 3.8) is 0 Å². The minimum atomic E-state index is -0.273. The van der Waals surface area contributed by atoms with Crippen molar-refractivity contribution in [3.05, 3.63) is 95.1 Å². The summed E-state index contributed by atoms with van der Waals surface area (Å²) in [6.07, 6.45) is 5.58. The minimum absolute atomic E-state index is 0.152. The van der Waals surface area contributed by atoms with Gasteiger partial charge in [0.25, 0.3) is 0 Å². The van der Waals surface area contributed by atoms with Crippen LogP contribution in [0.3, 0.4) is 0 Å². The fourth-order valence-corrected chi connectivity index (χ4v) is 7.93. The number of morpholine rings is 1. The van der Waals surface area contributed by atoms with Gasteiger partial charge in [0.15, 0.2) is 11.5 Å². The van der Waals surface area contributed by atoms with Crippen LogP contribution in [0.25, 0.3) is 11.3 Å². The molecule has 1 unspecified atom stereocenters. The van der Waals surface area contributed by atoms with Crippen molar-refractivity contribution in [1.29, 1.82) is 0 Å². The van der Waals surface area contributed by atoms with Crippen LogP contribution in [-0.4, -0.2) is 75.2 Å². The Balaban J connectivity index is 1.01. The zero-order chi connectivity index (χ0) is 36.0. The van der Waals surface area contributed by atoms with Crippen LogP contribution >= 0.6 is 0 Å². The molecule has 2 aromatic carbocycles. The summed E-state index contributed by atoms with van der Waals surface area (Å²) in [7, 11) is 2.15. The number of anilines is 2. The van der Waals surface area contributed by atoms with Gasteiger partial charge in [0.05, 0.1) is 42.9 Å². The highest BCUT2D eigenvalue weighted by atomic mass is 16.5. The van der Waals surface area contributed by atoms with Crippen molar-refractivity contribution in [2.75, 3.05) is 50.1 Å². The topological polar surface area (TPSA) is 114 Å². The Morgan fingerprint density at radius 1 is 0.923 bits per heavy atom. The van der Waals surface area contributed by atoms with Gasteiger partial charge < -0.3 is 19.7 Å². The predicted molar refractivity (Wildman–Crippen MR) is 202 cm³/mol. The highest BCUT2D eigenvalue weighted by Gasteiger charge is 2.31. The summed E-state index contributed by atoms with van der Waals surface area (Å²) >= 11 is 0. The normalized spacial score (nSPS) is 20.9. The van der Waals surface area contributed by atoms with E-state index in [1.54, 1.807) is 0 Å². The number of rotatable bonds is 7. The third-order valence-electron chi connectivity index (χ3n) is 10.8. The maximum atomic E-state index is 13.8. The van der Waals surface area contributed by atoms with E-state index < -0.39 is 0 Å². The van der Waals surface area contributed by atoms with Gasteiger partial charge in [0.2, 0.25) is 0 Å². The third-order valence-corrected chi connectivity index (χ3v) is 10.8. The number of hydrogen-bond donors (Lipinski definition) is 2. The van der Waals surface area contributed by atoms with Crippen LogP contribution in [0.5, 0.6) is 5.75 Å². The van der Waals surface area contributed by atoms with Crippen LogP contribution in [0, 0.1) is 6.92 Å². The number of nitrogens with one attached hydrogen (secondary N) is 2. The second kappa shape index (κ2) is 13.9. The first-order chi connectivity index (χ1) is 25.1. The van der Waals surface area contributed by atoms with Gasteiger partial charge in [0.1, 0.15) is 17.7 Å². The van der Waals surface area contributed by atoms with E-state index >= 15 is 0 Å². The molecule has 0 bridgehead atoms. The Kier molecular flexibility index (Phi) is 9.12. The van der Waals surface area contributed by atoms with E-state index in [0.717, 1.165) is 96.3 Å². The number of urea groups is 1. The van der Waals surface area contributed by atoms with E-state index in [1.807, 2.05) is 41.2 Å². The number of fused-ring (bicyclic) bond motifs is 2. The molecule has 2 amide bonds. The molecule has 52 heavy (non-hydrogen) atoms. The molecule has 0 spiro atoms. The molecule has 12 heteroatoms. The summed E-state index contributed by atoms with van der Waals surface area (Å²) in [5.41, 5.74) is 6.84. The van der Waals surface area contributed by atoms with E-state index in [1.165, 1.54) is 0 Å². The quantitative estimate of drug-likeness (QED) is 0.188. The summed E-state index contributed by atoms with van der Waals surface area (Å²) in [5.74, 6) is 2.35. The molecule has 3 aliphatic rings. The van der Waals surface area contributed by atoms with E-state index in [9.17, 15) is 4.79 Å². The largest absolute Gasteiger partial charge is 0.484 e. The molecule has 3 aromatic heterocycles. The summed E-state index contributed by atoms with van der Waals surface area (Å²) < 4.78 is 16.2. The number of likely N-dealkylation sites (tertiary alicyclic amines) is 1. The van der Waals surface area contributed by atoms with Crippen molar-refractivity contribution < 1.29 is 14.3 Å². The van der Waals surface area contributed by atoms with Crippen LogP contribution in [0.1, 0.15) is 92.9 Å². The smallest absolute Gasteiger partial charge is 0.320 e. The third kappa shape index (κ3) is 6.61. The average molecular weight is 704 g/mol. The van der Waals surface area contributed by atoms with E-state index in [-0.39, 0.29) is 29.6 Å². The maximum Gasteiger partial charge on any atom is 0.320 e. The minimum Gasteiger partial charge on any atom is -0.484 e. The summed E-state index contributed by atoms with van der Waals surface area (Å²) in [5, 5.41) is 20.5. The van der Waals surface area contributed by atoms with Crippen molar-refractivity contribution in [2.45, 2.75) is 77.0 Å². The van der Waals surface area contributed by atoms with Crippen LogP contribution < -0.4 is 20.3 Å². The summed E-state index contributed by atoms with van der Waals surface area (Å²) in [6.45, 7) is 12.7. The van der Waals surface area contributed by atoms with Gasteiger partial charge in [-0.15, -0.1) is 10.2 Å². The van der Waals surface area contributed by atoms with Crippen molar-refractivity contribution in [1.82, 2.24) is 34.6 Å².